The van der Waals surface area contributed by atoms with Crippen LogP contribution in [0.4, 0.5) is 5.69 Å². The van der Waals surface area contributed by atoms with Gasteiger partial charge in [-0.3, -0.25) is 14.9 Å². The fourth-order valence-electron chi connectivity index (χ4n) is 4.18. The van der Waals surface area contributed by atoms with E-state index in [9.17, 15) is 14.9 Å². The van der Waals surface area contributed by atoms with Gasteiger partial charge in [-0.2, -0.15) is 5.10 Å². The van der Waals surface area contributed by atoms with E-state index in [0.29, 0.717) is 17.2 Å². The standard InChI is InChI=1S/C18H23N3O4/c1-11(12-7-8-15(25-3)14(10-12)21(23)24)19-20-17(22)16-13-6-4-5-9-18(13,16)2/h7-8,10,13,16H,4-6,9H2,1-3H3,(H,20,22)/b19-11-/t13-,16-,18+/m0/s1. The molecule has 0 heterocycles. The topological polar surface area (TPSA) is 93.8 Å². The van der Waals surface area contributed by atoms with Crippen LogP contribution in [0.25, 0.3) is 0 Å². The Morgan fingerprint density at radius 1 is 1.44 bits per heavy atom. The van der Waals surface area contributed by atoms with Crippen LogP contribution in [0.1, 0.15) is 45.1 Å². The molecule has 1 N–H and O–H groups in total. The van der Waals surface area contributed by atoms with Gasteiger partial charge in [0.1, 0.15) is 0 Å². The summed E-state index contributed by atoms with van der Waals surface area (Å²) in [5.74, 6) is 0.660. The fraction of sp³-hybridized carbons (Fsp3) is 0.556. The Balaban J connectivity index is 1.71. The van der Waals surface area contributed by atoms with Crippen molar-refractivity contribution in [3.05, 3.63) is 33.9 Å². The lowest BCUT2D eigenvalue weighted by Crippen LogP contribution is -2.23. The van der Waals surface area contributed by atoms with Gasteiger partial charge < -0.3 is 4.74 Å². The summed E-state index contributed by atoms with van der Waals surface area (Å²) < 4.78 is 4.99. The van der Waals surface area contributed by atoms with Crippen molar-refractivity contribution in [3.63, 3.8) is 0 Å². The van der Waals surface area contributed by atoms with E-state index in [1.807, 2.05) is 0 Å². The number of ether oxygens (including phenoxy) is 1. The number of nitrogens with one attached hydrogen (secondary N) is 1. The molecule has 25 heavy (non-hydrogen) atoms. The molecule has 7 nitrogen and oxygen atoms in total. The molecule has 2 fully saturated rings. The van der Waals surface area contributed by atoms with Crippen molar-refractivity contribution in [3.8, 4) is 5.75 Å². The van der Waals surface area contributed by atoms with Crippen LogP contribution in [-0.2, 0) is 4.79 Å². The molecule has 2 saturated carbocycles. The van der Waals surface area contributed by atoms with E-state index in [2.05, 4.69) is 17.5 Å². The Hall–Kier alpha value is -2.44. The number of hydrogen-bond acceptors (Lipinski definition) is 5. The van der Waals surface area contributed by atoms with Crippen LogP contribution in [-0.4, -0.2) is 23.7 Å². The lowest BCUT2D eigenvalue weighted by molar-refractivity contribution is -0.385. The molecule has 0 spiro atoms. The molecule has 0 saturated heterocycles. The first-order chi connectivity index (χ1) is 11.9. The molecule has 3 rings (SSSR count). The molecule has 0 aliphatic heterocycles. The maximum atomic E-state index is 12.4. The molecule has 1 aromatic carbocycles. The van der Waals surface area contributed by atoms with Crippen molar-refractivity contribution in [1.82, 2.24) is 5.43 Å². The van der Waals surface area contributed by atoms with Crippen molar-refractivity contribution in [2.75, 3.05) is 7.11 Å². The zero-order valence-electron chi connectivity index (χ0n) is 14.7. The SMILES string of the molecule is COc1ccc(/C(C)=N\NC(=O)[C@@H]2[C@@H]3CCCC[C@@]23C)cc1[N+](=O)[O-]. The predicted molar refractivity (Wildman–Crippen MR) is 93.6 cm³/mol. The smallest absolute Gasteiger partial charge is 0.311 e. The Bertz CT molecular complexity index is 746. The van der Waals surface area contributed by atoms with Gasteiger partial charge in [-0.05, 0) is 43.2 Å². The number of fused-ring (bicyclic) bond motifs is 1. The number of benzene rings is 1. The summed E-state index contributed by atoms with van der Waals surface area (Å²) in [7, 11) is 1.39. The van der Waals surface area contributed by atoms with Gasteiger partial charge in [0, 0.05) is 17.5 Å². The predicted octanol–water partition coefficient (Wildman–Crippen LogP) is 3.27. The molecule has 0 radical (unpaired) electrons. The van der Waals surface area contributed by atoms with Crippen molar-refractivity contribution in [2.45, 2.75) is 39.5 Å². The molecule has 1 amide bonds. The quantitative estimate of drug-likeness (QED) is 0.503. The van der Waals surface area contributed by atoms with E-state index in [1.165, 1.54) is 32.1 Å². The third-order valence-corrected chi connectivity index (χ3v) is 5.74. The van der Waals surface area contributed by atoms with Crippen molar-refractivity contribution in [2.24, 2.45) is 22.4 Å². The number of rotatable bonds is 5. The number of hydrogen-bond donors (Lipinski definition) is 1. The summed E-state index contributed by atoms with van der Waals surface area (Å²) >= 11 is 0. The minimum absolute atomic E-state index is 0.0387. The second-order valence-electron chi connectivity index (χ2n) is 7.15. The van der Waals surface area contributed by atoms with E-state index in [-0.39, 0.29) is 28.7 Å². The number of carbonyl (C=O) groups excluding carboxylic acids is 1. The lowest BCUT2D eigenvalue weighted by atomic mass is 9.90. The Kier molecular flexibility index (Phi) is 4.49. The van der Waals surface area contributed by atoms with Gasteiger partial charge in [-0.15, -0.1) is 0 Å². The second kappa shape index (κ2) is 6.46. The first-order valence-electron chi connectivity index (χ1n) is 8.55. The van der Waals surface area contributed by atoms with Crippen LogP contribution >= 0.6 is 0 Å². The molecule has 1 aromatic rings. The Morgan fingerprint density at radius 2 is 2.20 bits per heavy atom. The summed E-state index contributed by atoms with van der Waals surface area (Å²) in [4.78, 5) is 23.1. The average molecular weight is 345 g/mol. The number of hydrazone groups is 1. The van der Waals surface area contributed by atoms with Crippen LogP contribution < -0.4 is 10.2 Å². The van der Waals surface area contributed by atoms with Crippen LogP contribution in [0.3, 0.4) is 0 Å². The van der Waals surface area contributed by atoms with Gasteiger partial charge in [0.2, 0.25) is 5.91 Å². The highest BCUT2D eigenvalue weighted by Crippen LogP contribution is 2.66. The largest absolute Gasteiger partial charge is 0.490 e. The summed E-state index contributed by atoms with van der Waals surface area (Å²) in [6.45, 7) is 3.90. The molecule has 0 aromatic heterocycles. The van der Waals surface area contributed by atoms with Crippen LogP contribution in [0, 0.1) is 27.4 Å². The van der Waals surface area contributed by atoms with Crippen molar-refractivity contribution < 1.29 is 14.5 Å². The molecule has 7 heteroatoms. The Labute approximate surface area is 146 Å². The number of methoxy groups -OCH3 is 1. The summed E-state index contributed by atoms with van der Waals surface area (Å²) in [5, 5.41) is 15.3. The van der Waals surface area contributed by atoms with Crippen LogP contribution in [0.2, 0.25) is 0 Å². The lowest BCUT2D eigenvalue weighted by Gasteiger charge is -2.15. The highest BCUT2D eigenvalue weighted by Gasteiger charge is 2.64. The molecule has 2 aliphatic rings. The molecule has 0 unspecified atom stereocenters. The maximum Gasteiger partial charge on any atom is 0.311 e. The third kappa shape index (κ3) is 3.10. The molecular formula is C18H23N3O4. The van der Waals surface area contributed by atoms with Crippen LogP contribution in [0.5, 0.6) is 5.75 Å². The van der Waals surface area contributed by atoms with Gasteiger partial charge >= 0.3 is 5.69 Å². The van der Waals surface area contributed by atoms with E-state index >= 15 is 0 Å². The molecule has 2 aliphatic carbocycles. The number of nitro groups is 1. The van der Waals surface area contributed by atoms with Gasteiger partial charge in [-0.25, -0.2) is 5.43 Å². The van der Waals surface area contributed by atoms with Gasteiger partial charge in [0.05, 0.1) is 17.7 Å². The summed E-state index contributed by atoms with van der Waals surface area (Å²) in [6, 6.07) is 4.63. The van der Waals surface area contributed by atoms with E-state index < -0.39 is 4.92 Å². The average Bonchev–Trinajstić information content (AvgIpc) is 3.24. The fourth-order valence-corrected chi connectivity index (χ4v) is 4.18. The van der Waals surface area contributed by atoms with E-state index in [1.54, 1.807) is 13.0 Å². The zero-order chi connectivity index (χ0) is 18.2. The first kappa shape index (κ1) is 17.4. The molecule has 134 valence electrons. The summed E-state index contributed by atoms with van der Waals surface area (Å²) in [6.07, 6.45) is 4.60. The summed E-state index contributed by atoms with van der Waals surface area (Å²) in [5.41, 5.74) is 3.75. The third-order valence-electron chi connectivity index (χ3n) is 5.74. The van der Waals surface area contributed by atoms with E-state index in [0.717, 1.165) is 12.8 Å². The number of carbonyl (C=O) groups is 1. The van der Waals surface area contributed by atoms with Crippen molar-refractivity contribution in [1.29, 1.82) is 0 Å². The number of nitro benzene ring substituents is 1. The zero-order valence-corrected chi connectivity index (χ0v) is 14.7. The van der Waals surface area contributed by atoms with Gasteiger partial charge in [0.25, 0.3) is 0 Å². The van der Waals surface area contributed by atoms with Crippen LogP contribution in [0.15, 0.2) is 23.3 Å². The molecule has 0 bridgehead atoms. The molecular weight excluding hydrogens is 322 g/mol. The Morgan fingerprint density at radius 3 is 2.80 bits per heavy atom. The minimum atomic E-state index is -0.496. The molecule has 3 atom stereocenters. The van der Waals surface area contributed by atoms with Gasteiger partial charge in [0.15, 0.2) is 5.75 Å². The second-order valence-corrected chi connectivity index (χ2v) is 7.15. The highest BCUT2D eigenvalue weighted by atomic mass is 16.6. The normalized spacial score (nSPS) is 28.0. The number of nitrogens with zero attached hydrogens (tertiary/aromatic N) is 2. The minimum Gasteiger partial charge on any atom is -0.490 e. The monoisotopic (exact) mass is 345 g/mol. The van der Waals surface area contributed by atoms with E-state index in [4.69, 9.17) is 4.74 Å². The first-order valence-corrected chi connectivity index (χ1v) is 8.55. The van der Waals surface area contributed by atoms with Crippen molar-refractivity contribution >= 4 is 17.3 Å². The highest BCUT2D eigenvalue weighted by molar-refractivity contribution is 6.00. The maximum absolute atomic E-state index is 12.4. The number of amides is 1. The van der Waals surface area contributed by atoms with Gasteiger partial charge in [-0.1, -0.05) is 19.8 Å².